The maximum absolute atomic E-state index is 12.2. The maximum Gasteiger partial charge on any atom is 0.344 e. The molecule has 0 spiro atoms. The molecule has 2 aromatic rings. The Bertz CT molecular complexity index is 937. The Morgan fingerprint density at radius 2 is 1.79 bits per heavy atom. The molecule has 2 aromatic carbocycles. The molecule has 0 atom stereocenters. The van der Waals surface area contributed by atoms with E-state index in [-0.39, 0.29) is 12.5 Å². The van der Waals surface area contributed by atoms with Crippen LogP contribution >= 0.6 is 11.8 Å². The smallest absolute Gasteiger partial charge is 0.344 e. The number of hydrogen-bond acceptors (Lipinski definition) is 7. The molecular formula is C21H20N2O5S. The highest BCUT2D eigenvalue weighted by atomic mass is 32.2. The number of amides is 1. The van der Waals surface area contributed by atoms with Crippen molar-refractivity contribution >= 4 is 40.6 Å². The predicted octanol–water partition coefficient (Wildman–Crippen LogP) is 3.53. The average Bonchev–Trinajstić information content (AvgIpc) is 3.07. The molecule has 1 N–H and O–H groups in total. The summed E-state index contributed by atoms with van der Waals surface area (Å²) in [5, 5.41) is 3.27. The molecule has 0 radical (unpaired) electrons. The molecule has 0 aromatic heterocycles. The zero-order chi connectivity index (χ0) is 20.6. The van der Waals surface area contributed by atoms with Gasteiger partial charge in [0, 0.05) is 0 Å². The first kappa shape index (κ1) is 20.5. The lowest BCUT2D eigenvalue weighted by Gasteiger charge is -2.05. The lowest BCUT2D eigenvalue weighted by atomic mass is 10.2. The van der Waals surface area contributed by atoms with E-state index in [0.29, 0.717) is 22.4 Å². The first-order valence-corrected chi connectivity index (χ1v) is 9.71. The molecule has 1 aliphatic rings. The summed E-state index contributed by atoms with van der Waals surface area (Å²) < 4.78 is 15.3. The van der Waals surface area contributed by atoms with Crippen LogP contribution in [0.5, 0.6) is 11.5 Å². The molecule has 0 bridgehead atoms. The van der Waals surface area contributed by atoms with Gasteiger partial charge in [-0.1, -0.05) is 12.1 Å². The summed E-state index contributed by atoms with van der Waals surface area (Å²) in [6.45, 7) is 1.92. The number of rotatable bonds is 7. The fourth-order valence-corrected chi connectivity index (χ4v) is 3.25. The van der Waals surface area contributed by atoms with E-state index in [0.717, 1.165) is 17.0 Å². The summed E-state index contributed by atoms with van der Waals surface area (Å²) in [5.41, 5.74) is 1.55. The van der Waals surface area contributed by atoms with E-state index >= 15 is 0 Å². The minimum atomic E-state index is -0.415. The van der Waals surface area contributed by atoms with Gasteiger partial charge in [0.25, 0.3) is 5.91 Å². The number of thioether (sulfide) groups is 1. The Labute approximate surface area is 172 Å². The zero-order valence-corrected chi connectivity index (χ0v) is 16.8. The minimum absolute atomic E-state index is 0.141. The number of carbonyl (C=O) groups excluding carboxylic acids is 2. The number of esters is 1. The summed E-state index contributed by atoms with van der Waals surface area (Å²) in [4.78, 5) is 28.5. The number of nitrogens with zero attached hydrogens (tertiary/aromatic N) is 1. The number of ether oxygens (including phenoxy) is 3. The Morgan fingerprint density at radius 1 is 1.10 bits per heavy atom. The van der Waals surface area contributed by atoms with Crippen molar-refractivity contribution in [1.29, 1.82) is 0 Å². The number of amidine groups is 1. The predicted molar refractivity (Wildman–Crippen MR) is 112 cm³/mol. The van der Waals surface area contributed by atoms with Crippen molar-refractivity contribution in [1.82, 2.24) is 5.32 Å². The van der Waals surface area contributed by atoms with Crippen LogP contribution in [0.15, 0.2) is 58.4 Å². The third-order valence-corrected chi connectivity index (χ3v) is 4.70. The summed E-state index contributed by atoms with van der Waals surface area (Å²) in [6, 6.07) is 14.3. The van der Waals surface area contributed by atoms with Crippen LogP contribution in [0.25, 0.3) is 6.08 Å². The SMILES string of the molecule is CCOC(=O)COc1ccc(/C=C2/SC(=Nc3ccc(OC)cc3)NC2=O)cc1. The van der Waals surface area contributed by atoms with Crippen LogP contribution in [0, 0.1) is 0 Å². The van der Waals surface area contributed by atoms with E-state index in [1.165, 1.54) is 11.8 Å². The second kappa shape index (κ2) is 9.79. The second-order valence-electron chi connectivity index (χ2n) is 5.84. The Hall–Kier alpha value is -3.26. The number of carbonyl (C=O) groups is 2. The Morgan fingerprint density at radius 3 is 2.45 bits per heavy atom. The standard InChI is InChI=1S/C21H20N2O5S/c1-3-27-19(24)13-28-17-8-4-14(5-9-17)12-18-20(25)23-21(29-18)22-15-6-10-16(26-2)11-7-15/h4-12H,3,13H2,1-2H3,(H,22,23,25)/b18-12+. The molecule has 0 saturated carbocycles. The molecule has 29 heavy (non-hydrogen) atoms. The number of nitrogens with one attached hydrogen (secondary N) is 1. The largest absolute Gasteiger partial charge is 0.497 e. The quantitative estimate of drug-likeness (QED) is 0.553. The van der Waals surface area contributed by atoms with Crippen molar-refractivity contribution in [2.24, 2.45) is 4.99 Å². The van der Waals surface area contributed by atoms with E-state index in [1.54, 1.807) is 44.4 Å². The first-order chi connectivity index (χ1) is 14.1. The van der Waals surface area contributed by atoms with Gasteiger partial charge in [0.2, 0.25) is 0 Å². The van der Waals surface area contributed by atoms with Crippen LogP contribution in [0.2, 0.25) is 0 Å². The highest BCUT2D eigenvalue weighted by molar-refractivity contribution is 8.18. The molecule has 0 aliphatic carbocycles. The number of methoxy groups -OCH3 is 1. The number of aliphatic imine (C=N–C) groups is 1. The second-order valence-corrected chi connectivity index (χ2v) is 6.87. The lowest BCUT2D eigenvalue weighted by molar-refractivity contribution is -0.145. The monoisotopic (exact) mass is 412 g/mol. The molecule has 8 heteroatoms. The van der Waals surface area contributed by atoms with Crippen molar-refractivity contribution in [3.8, 4) is 11.5 Å². The fraction of sp³-hybridized carbons (Fsp3) is 0.190. The van der Waals surface area contributed by atoms with Gasteiger partial charge in [0.05, 0.1) is 24.3 Å². The van der Waals surface area contributed by atoms with E-state index < -0.39 is 5.97 Å². The van der Waals surface area contributed by atoms with Crippen molar-refractivity contribution < 1.29 is 23.8 Å². The van der Waals surface area contributed by atoms with Gasteiger partial charge in [-0.15, -0.1) is 0 Å². The van der Waals surface area contributed by atoms with Crippen molar-refractivity contribution in [3.05, 3.63) is 59.0 Å². The Balaban J connectivity index is 1.63. The van der Waals surface area contributed by atoms with Crippen molar-refractivity contribution in [2.45, 2.75) is 6.92 Å². The van der Waals surface area contributed by atoms with E-state index in [2.05, 4.69) is 10.3 Å². The normalized spacial score (nSPS) is 16.0. The van der Waals surface area contributed by atoms with Gasteiger partial charge in [-0.25, -0.2) is 9.79 Å². The molecule has 1 saturated heterocycles. The van der Waals surface area contributed by atoms with E-state index in [1.807, 2.05) is 24.3 Å². The third-order valence-electron chi connectivity index (χ3n) is 3.79. The maximum atomic E-state index is 12.2. The van der Waals surface area contributed by atoms with Gasteiger partial charge < -0.3 is 19.5 Å². The topological polar surface area (TPSA) is 86.2 Å². The van der Waals surface area contributed by atoms with Gasteiger partial charge in [0.15, 0.2) is 11.8 Å². The number of hydrogen-bond donors (Lipinski definition) is 1. The van der Waals surface area contributed by atoms with Crippen LogP contribution in [-0.2, 0) is 14.3 Å². The van der Waals surface area contributed by atoms with Crippen LogP contribution in [0.3, 0.4) is 0 Å². The molecule has 1 fully saturated rings. The van der Waals surface area contributed by atoms with Crippen LogP contribution in [-0.4, -0.2) is 37.4 Å². The van der Waals surface area contributed by atoms with E-state index in [4.69, 9.17) is 14.2 Å². The van der Waals surface area contributed by atoms with Crippen molar-refractivity contribution in [2.75, 3.05) is 20.3 Å². The van der Waals surface area contributed by atoms with E-state index in [9.17, 15) is 9.59 Å². The first-order valence-electron chi connectivity index (χ1n) is 8.89. The molecular weight excluding hydrogens is 392 g/mol. The average molecular weight is 412 g/mol. The van der Waals surface area contributed by atoms with Gasteiger partial charge in [0.1, 0.15) is 11.5 Å². The van der Waals surface area contributed by atoms with Crippen LogP contribution in [0.4, 0.5) is 5.69 Å². The summed E-state index contributed by atoms with van der Waals surface area (Å²) in [6.07, 6.45) is 1.77. The van der Waals surface area contributed by atoms with Gasteiger partial charge in [-0.05, 0) is 66.7 Å². The summed E-state index contributed by atoms with van der Waals surface area (Å²) >= 11 is 1.27. The van der Waals surface area contributed by atoms with Gasteiger partial charge in [-0.3, -0.25) is 4.79 Å². The molecule has 7 nitrogen and oxygen atoms in total. The third kappa shape index (κ3) is 5.86. The molecule has 1 heterocycles. The highest BCUT2D eigenvalue weighted by Gasteiger charge is 2.23. The van der Waals surface area contributed by atoms with Crippen LogP contribution in [0.1, 0.15) is 12.5 Å². The van der Waals surface area contributed by atoms with Crippen LogP contribution < -0.4 is 14.8 Å². The zero-order valence-electron chi connectivity index (χ0n) is 16.0. The van der Waals surface area contributed by atoms with Gasteiger partial charge in [-0.2, -0.15) is 0 Å². The summed E-state index contributed by atoms with van der Waals surface area (Å²) in [5.74, 6) is 0.670. The molecule has 0 unspecified atom stereocenters. The molecule has 1 amide bonds. The molecule has 3 rings (SSSR count). The number of benzene rings is 2. The Kier molecular flexibility index (Phi) is 6.91. The minimum Gasteiger partial charge on any atom is -0.497 e. The molecule has 150 valence electrons. The van der Waals surface area contributed by atoms with Gasteiger partial charge >= 0.3 is 5.97 Å². The fourth-order valence-electron chi connectivity index (χ4n) is 2.41. The summed E-state index contributed by atoms with van der Waals surface area (Å²) in [7, 11) is 1.60. The molecule has 1 aliphatic heterocycles. The lowest BCUT2D eigenvalue weighted by Crippen LogP contribution is -2.19. The highest BCUT2D eigenvalue weighted by Crippen LogP contribution is 2.29. The van der Waals surface area contributed by atoms with Crippen molar-refractivity contribution in [3.63, 3.8) is 0 Å².